The lowest BCUT2D eigenvalue weighted by atomic mass is 10.2. The summed E-state index contributed by atoms with van der Waals surface area (Å²) in [7, 11) is 1.27. The van der Waals surface area contributed by atoms with Gasteiger partial charge in [0.15, 0.2) is 4.84 Å². The first-order valence-electron chi connectivity index (χ1n) is 4.22. The maximum Gasteiger partial charge on any atom is 0.350 e. The summed E-state index contributed by atoms with van der Waals surface area (Å²) in [5.74, 6) is -1.08. The lowest BCUT2D eigenvalue weighted by Gasteiger charge is -2.07. The lowest BCUT2D eigenvalue weighted by molar-refractivity contribution is -0.114. The highest BCUT2D eigenvalue weighted by Crippen LogP contribution is 2.28. The van der Waals surface area contributed by atoms with Crippen LogP contribution in [0, 0.1) is 6.92 Å². The van der Waals surface area contributed by atoms with Crippen LogP contribution in [0.1, 0.15) is 15.2 Å². The molecular weight excluding hydrogens is 273 g/mol. The average Bonchev–Trinajstić information content (AvgIpc) is 2.59. The third kappa shape index (κ3) is 2.87. The van der Waals surface area contributed by atoms with Crippen molar-refractivity contribution in [2.24, 2.45) is 0 Å². The number of methoxy groups -OCH3 is 1. The summed E-state index contributed by atoms with van der Waals surface area (Å²) in [5, 5.41) is 4.22. The minimum atomic E-state index is -1.18. The van der Waals surface area contributed by atoms with Crippen molar-refractivity contribution < 1.29 is 14.3 Å². The zero-order valence-corrected chi connectivity index (χ0v) is 10.9. The minimum Gasteiger partial charge on any atom is -0.465 e. The molecule has 0 atom stereocenters. The second-order valence-corrected chi connectivity index (χ2v) is 4.88. The van der Waals surface area contributed by atoms with E-state index in [0.29, 0.717) is 10.6 Å². The first kappa shape index (κ1) is 13.3. The number of nitrogens with one attached hydrogen (secondary N) is 1. The van der Waals surface area contributed by atoms with Crippen LogP contribution in [0.5, 0.6) is 0 Å². The van der Waals surface area contributed by atoms with Crippen molar-refractivity contribution in [3.63, 3.8) is 0 Å². The predicted molar refractivity (Wildman–Crippen MR) is 64.5 cm³/mol. The Labute approximate surface area is 106 Å². The van der Waals surface area contributed by atoms with E-state index >= 15 is 0 Å². The maximum absolute atomic E-state index is 11.4. The van der Waals surface area contributed by atoms with Crippen LogP contribution in [-0.4, -0.2) is 23.8 Å². The summed E-state index contributed by atoms with van der Waals surface area (Å²) in [6, 6.07) is 0. The first-order chi connectivity index (χ1) is 7.47. The summed E-state index contributed by atoms with van der Waals surface area (Å²) >= 11 is 12.0. The highest BCUT2D eigenvalue weighted by molar-refractivity contribution is 7.12. The largest absolute Gasteiger partial charge is 0.465 e. The van der Waals surface area contributed by atoms with Gasteiger partial charge < -0.3 is 10.1 Å². The van der Waals surface area contributed by atoms with Crippen LogP contribution in [0.2, 0.25) is 0 Å². The molecule has 1 N–H and O–H groups in total. The molecule has 0 saturated carbocycles. The topological polar surface area (TPSA) is 55.4 Å². The summed E-state index contributed by atoms with van der Waals surface area (Å²) in [6.07, 6.45) is 0. The van der Waals surface area contributed by atoms with Gasteiger partial charge in [0.05, 0.1) is 12.8 Å². The molecule has 7 heteroatoms. The van der Waals surface area contributed by atoms with Gasteiger partial charge in [0.25, 0.3) is 5.91 Å². The molecule has 0 spiro atoms. The normalized spacial score (nSPS) is 10.3. The molecule has 0 aliphatic heterocycles. The number of anilines is 1. The second-order valence-electron chi connectivity index (χ2n) is 2.90. The number of ether oxygens (including phenoxy) is 1. The van der Waals surface area contributed by atoms with Crippen molar-refractivity contribution in [3.05, 3.63) is 15.8 Å². The first-order valence-corrected chi connectivity index (χ1v) is 5.98. The molecule has 0 unspecified atom stereocenters. The van der Waals surface area contributed by atoms with Gasteiger partial charge in [0.1, 0.15) is 4.88 Å². The minimum absolute atomic E-state index is 0.322. The molecule has 0 fully saturated rings. The fourth-order valence-corrected chi connectivity index (χ4v) is 2.05. The monoisotopic (exact) mass is 281 g/mol. The SMILES string of the molecule is COC(=O)c1scc(C)c1NC(=O)C(Cl)Cl. The number of rotatable bonds is 3. The van der Waals surface area contributed by atoms with E-state index in [1.807, 2.05) is 0 Å². The number of esters is 1. The number of thiophene rings is 1. The molecule has 1 aromatic rings. The van der Waals surface area contributed by atoms with Crippen LogP contribution in [0.4, 0.5) is 5.69 Å². The number of carbonyl (C=O) groups excluding carboxylic acids is 2. The Kier molecular flexibility index (Phi) is 4.58. The van der Waals surface area contributed by atoms with E-state index in [4.69, 9.17) is 23.2 Å². The molecule has 16 heavy (non-hydrogen) atoms. The fourth-order valence-electron chi connectivity index (χ4n) is 1.02. The molecule has 1 rings (SSSR count). The van der Waals surface area contributed by atoms with Crippen LogP contribution < -0.4 is 5.32 Å². The number of hydrogen-bond acceptors (Lipinski definition) is 4. The van der Waals surface area contributed by atoms with Gasteiger partial charge in [0, 0.05) is 0 Å². The Bertz CT molecular complexity index is 417. The molecule has 0 aliphatic carbocycles. The Morgan fingerprint density at radius 1 is 1.50 bits per heavy atom. The number of alkyl halides is 2. The molecule has 0 aromatic carbocycles. The summed E-state index contributed by atoms with van der Waals surface area (Å²) < 4.78 is 4.59. The Morgan fingerprint density at radius 2 is 2.12 bits per heavy atom. The standard InChI is InChI=1S/C9H9Cl2NO3S/c1-4-3-16-6(9(14)15-2)5(4)12-8(13)7(10)11/h3,7H,1-2H3,(H,12,13). The van der Waals surface area contributed by atoms with Gasteiger partial charge in [-0.05, 0) is 17.9 Å². The van der Waals surface area contributed by atoms with Crippen LogP contribution in [0.15, 0.2) is 5.38 Å². The van der Waals surface area contributed by atoms with Gasteiger partial charge in [-0.1, -0.05) is 23.2 Å². The van der Waals surface area contributed by atoms with Crippen molar-refractivity contribution in [1.82, 2.24) is 0 Å². The van der Waals surface area contributed by atoms with Crippen molar-refractivity contribution in [1.29, 1.82) is 0 Å². The Hall–Kier alpha value is -0.780. The van der Waals surface area contributed by atoms with E-state index < -0.39 is 16.7 Å². The number of amides is 1. The van der Waals surface area contributed by atoms with Crippen LogP contribution in [-0.2, 0) is 9.53 Å². The van der Waals surface area contributed by atoms with Gasteiger partial charge >= 0.3 is 5.97 Å². The fraction of sp³-hybridized carbons (Fsp3) is 0.333. The smallest absolute Gasteiger partial charge is 0.350 e. The summed E-state index contributed by atoms with van der Waals surface area (Å²) in [5.41, 5.74) is 1.15. The van der Waals surface area contributed by atoms with Gasteiger partial charge in [0.2, 0.25) is 0 Å². The van der Waals surface area contributed by atoms with E-state index in [-0.39, 0.29) is 0 Å². The molecule has 1 aromatic heterocycles. The molecule has 0 saturated heterocycles. The Morgan fingerprint density at radius 3 is 2.62 bits per heavy atom. The van der Waals surface area contributed by atoms with Crippen LogP contribution in [0.25, 0.3) is 0 Å². The molecule has 0 aliphatic rings. The lowest BCUT2D eigenvalue weighted by Crippen LogP contribution is -2.20. The molecule has 1 heterocycles. The molecule has 0 bridgehead atoms. The van der Waals surface area contributed by atoms with Crippen molar-refractivity contribution >= 4 is 52.1 Å². The van der Waals surface area contributed by atoms with E-state index in [0.717, 1.165) is 5.56 Å². The molecule has 88 valence electrons. The molecule has 4 nitrogen and oxygen atoms in total. The van der Waals surface area contributed by atoms with E-state index in [1.54, 1.807) is 12.3 Å². The zero-order chi connectivity index (χ0) is 12.3. The van der Waals surface area contributed by atoms with Crippen LogP contribution in [0.3, 0.4) is 0 Å². The van der Waals surface area contributed by atoms with Crippen LogP contribution >= 0.6 is 34.5 Å². The number of halogens is 2. The quantitative estimate of drug-likeness (QED) is 0.684. The van der Waals surface area contributed by atoms with E-state index in [1.165, 1.54) is 18.4 Å². The van der Waals surface area contributed by atoms with Gasteiger partial charge in [-0.2, -0.15) is 0 Å². The summed E-state index contributed by atoms with van der Waals surface area (Å²) in [6.45, 7) is 1.76. The van der Waals surface area contributed by atoms with Crippen molar-refractivity contribution in [3.8, 4) is 0 Å². The number of carbonyl (C=O) groups is 2. The average molecular weight is 282 g/mol. The highest BCUT2D eigenvalue weighted by atomic mass is 35.5. The molecule has 1 amide bonds. The zero-order valence-electron chi connectivity index (χ0n) is 8.54. The van der Waals surface area contributed by atoms with Crippen molar-refractivity contribution in [2.75, 3.05) is 12.4 Å². The predicted octanol–water partition coefficient (Wildman–Crippen LogP) is 2.59. The van der Waals surface area contributed by atoms with Gasteiger partial charge in [-0.25, -0.2) is 4.79 Å². The third-order valence-electron chi connectivity index (χ3n) is 1.79. The number of aryl methyl sites for hydroxylation is 1. The summed E-state index contributed by atoms with van der Waals surface area (Å²) in [4.78, 5) is 21.8. The van der Waals surface area contributed by atoms with E-state index in [9.17, 15) is 9.59 Å². The highest BCUT2D eigenvalue weighted by Gasteiger charge is 2.20. The third-order valence-corrected chi connectivity index (χ3v) is 3.27. The van der Waals surface area contributed by atoms with Crippen molar-refractivity contribution in [2.45, 2.75) is 11.8 Å². The van der Waals surface area contributed by atoms with Gasteiger partial charge in [-0.3, -0.25) is 4.79 Å². The van der Waals surface area contributed by atoms with E-state index in [2.05, 4.69) is 10.1 Å². The Balaban J connectivity index is 2.98. The molecule has 0 radical (unpaired) electrons. The van der Waals surface area contributed by atoms with Gasteiger partial charge in [-0.15, -0.1) is 11.3 Å². The number of hydrogen-bond donors (Lipinski definition) is 1. The maximum atomic E-state index is 11.4. The second kappa shape index (κ2) is 5.52. The molecular formula is C9H9Cl2NO3S.